The molecule has 1 aliphatic rings. The van der Waals surface area contributed by atoms with E-state index in [0.29, 0.717) is 18.2 Å². The van der Waals surface area contributed by atoms with E-state index in [-0.39, 0.29) is 18.9 Å². The minimum atomic E-state index is -0.918. The van der Waals surface area contributed by atoms with Crippen LogP contribution in [0.4, 0.5) is 0 Å². The van der Waals surface area contributed by atoms with Gasteiger partial charge in [-0.1, -0.05) is 0 Å². The molecular weight excluding hydrogens is 232 g/mol. The van der Waals surface area contributed by atoms with Crippen molar-refractivity contribution in [1.29, 1.82) is 0 Å². The number of quaternary nitrogens is 1. The van der Waals surface area contributed by atoms with Crippen LogP contribution in [0.5, 0.6) is 0 Å². The lowest BCUT2D eigenvalue weighted by molar-refractivity contribution is -0.419. The first-order chi connectivity index (χ1) is 7.54. The molecule has 1 unspecified atom stereocenters. The second-order valence-corrected chi connectivity index (χ2v) is 3.92. The van der Waals surface area contributed by atoms with Crippen molar-refractivity contribution in [3.05, 3.63) is 0 Å². The number of amides is 1. The largest absolute Gasteiger partial charge is 0.481 e. The third kappa shape index (κ3) is 3.31. The van der Waals surface area contributed by atoms with E-state index in [1.165, 1.54) is 4.90 Å². The summed E-state index contributed by atoms with van der Waals surface area (Å²) >= 11 is 4.81. The third-order valence-electron chi connectivity index (χ3n) is 2.39. The molecule has 16 heavy (non-hydrogen) atoms. The molecule has 1 saturated heterocycles. The highest BCUT2D eigenvalue weighted by Crippen LogP contribution is 2.16. The fourth-order valence-corrected chi connectivity index (χ4v) is 1.62. The first-order valence-corrected chi connectivity index (χ1v) is 5.27. The molecule has 90 valence electrons. The summed E-state index contributed by atoms with van der Waals surface area (Å²) in [5.74, 6) is 1.76. The van der Waals surface area contributed by atoms with Crippen LogP contribution in [0.1, 0.15) is 6.42 Å². The monoisotopic (exact) mass is 247 g/mol. The summed E-state index contributed by atoms with van der Waals surface area (Å²) in [5.41, 5.74) is 2.50. The van der Waals surface area contributed by atoms with Crippen molar-refractivity contribution in [1.82, 2.24) is 15.6 Å². The Hall–Kier alpha value is -1.41. The number of likely N-dealkylation sites (tertiary alicyclic amines) is 1. The zero-order chi connectivity index (χ0) is 12.1. The summed E-state index contributed by atoms with van der Waals surface area (Å²) in [7, 11) is 0. The number of hydrogen-bond donors (Lipinski definition) is 4. The van der Waals surface area contributed by atoms with Gasteiger partial charge in [0.1, 0.15) is 0 Å². The lowest BCUT2D eigenvalue weighted by atomic mass is 10.1. The van der Waals surface area contributed by atoms with Crippen molar-refractivity contribution in [2.75, 3.05) is 19.6 Å². The molecule has 0 bridgehead atoms. The highest BCUT2D eigenvalue weighted by atomic mass is 32.1. The first kappa shape index (κ1) is 12.7. The highest BCUT2D eigenvalue weighted by molar-refractivity contribution is 7.80. The zero-order valence-corrected chi connectivity index (χ0v) is 9.55. The van der Waals surface area contributed by atoms with E-state index in [4.69, 9.17) is 17.3 Å². The van der Waals surface area contributed by atoms with Gasteiger partial charge in [-0.05, 0) is 12.2 Å². The molecule has 1 aliphatic heterocycles. The lowest BCUT2D eigenvalue weighted by Crippen LogP contribution is -2.69. The molecule has 1 amide bonds. The maximum absolute atomic E-state index is 11.4. The van der Waals surface area contributed by atoms with Crippen molar-refractivity contribution in [2.45, 2.75) is 6.42 Å². The summed E-state index contributed by atoms with van der Waals surface area (Å²) in [4.78, 5) is 23.6. The number of nitrogens with zero attached hydrogens (tertiary/aromatic N) is 1. The van der Waals surface area contributed by atoms with Crippen LogP contribution in [0.25, 0.3) is 0 Å². The van der Waals surface area contributed by atoms with Crippen LogP contribution >= 0.6 is 12.2 Å². The van der Waals surface area contributed by atoms with Gasteiger partial charge in [-0.25, -0.2) is 5.43 Å². The Morgan fingerprint density at radius 1 is 1.69 bits per heavy atom. The van der Waals surface area contributed by atoms with Gasteiger partial charge < -0.3 is 15.3 Å². The molecule has 1 atom stereocenters. The minimum Gasteiger partial charge on any atom is -0.481 e. The van der Waals surface area contributed by atoms with Crippen LogP contribution in [0.2, 0.25) is 0 Å². The number of rotatable bonds is 4. The smallest absolute Gasteiger partial charge is 0.308 e. The first-order valence-electron chi connectivity index (χ1n) is 4.86. The summed E-state index contributed by atoms with van der Waals surface area (Å²) in [6.45, 7) is 1.21. The van der Waals surface area contributed by atoms with Crippen molar-refractivity contribution < 1.29 is 20.5 Å². The number of carboxylic acids is 1. The molecule has 0 aromatic rings. The highest BCUT2D eigenvalue weighted by Gasteiger charge is 2.33. The number of carboxylic acid groups (broad SMARTS) is 1. The van der Waals surface area contributed by atoms with Crippen LogP contribution in [0, 0.1) is 5.92 Å². The van der Waals surface area contributed by atoms with Crippen LogP contribution in [-0.2, 0) is 9.59 Å². The van der Waals surface area contributed by atoms with Gasteiger partial charge in [0.2, 0.25) is 11.0 Å². The Kier molecular flexibility index (Phi) is 4.44. The molecular formula is C8H15N4O3S+. The van der Waals surface area contributed by atoms with E-state index in [0.717, 1.165) is 0 Å². The molecule has 7 nitrogen and oxygen atoms in total. The number of carbonyl (C=O) groups is 2. The fourth-order valence-electron chi connectivity index (χ4n) is 1.52. The molecule has 0 aromatic heterocycles. The average Bonchev–Trinajstić information content (AvgIpc) is 2.60. The molecule has 0 saturated carbocycles. The second kappa shape index (κ2) is 5.61. The molecule has 8 heteroatoms. The maximum Gasteiger partial charge on any atom is 0.308 e. The number of hydrogen-bond acceptors (Lipinski definition) is 3. The van der Waals surface area contributed by atoms with Crippen molar-refractivity contribution >= 4 is 29.2 Å². The maximum atomic E-state index is 11.4. The predicted octanol–water partition coefficient (Wildman–Crippen LogP) is -2.46. The van der Waals surface area contributed by atoms with Gasteiger partial charge in [-0.15, -0.1) is 0 Å². The number of thiocarbonyl (C=S) groups is 1. The minimum absolute atomic E-state index is 0.0906. The number of nitrogens with one attached hydrogen (secondary N) is 2. The van der Waals surface area contributed by atoms with Gasteiger partial charge in [-0.3, -0.25) is 15.4 Å². The Labute approximate surface area is 97.9 Å². The van der Waals surface area contributed by atoms with Gasteiger partial charge in [-0.2, -0.15) is 0 Å². The van der Waals surface area contributed by atoms with E-state index in [2.05, 4.69) is 16.6 Å². The number of carbonyl (C=O) groups excluding carboxylic acids is 1. The van der Waals surface area contributed by atoms with Crippen LogP contribution in [0.3, 0.4) is 0 Å². The average molecular weight is 247 g/mol. The summed E-state index contributed by atoms with van der Waals surface area (Å²) in [5, 5.41) is 12.0. The summed E-state index contributed by atoms with van der Waals surface area (Å²) < 4.78 is 0. The fraction of sp³-hybridized carbons (Fsp3) is 0.625. The van der Waals surface area contributed by atoms with E-state index in [1.54, 1.807) is 0 Å². The lowest BCUT2D eigenvalue weighted by Gasteiger charge is -2.16. The van der Waals surface area contributed by atoms with E-state index >= 15 is 0 Å². The van der Waals surface area contributed by atoms with E-state index < -0.39 is 11.9 Å². The van der Waals surface area contributed by atoms with Crippen LogP contribution < -0.4 is 16.6 Å². The molecule has 0 aliphatic carbocycles. The quantitative estimate of drug-likeness (QED) is 0.324. The SMILES string of the molecule is [NH3+]NC(=S)NCCN1CC(C(=O)O)CC1=O. The molecule has 0 aromatic carbocycles. The Morgan fingerprint density at radius 2 is 2.38 bits per heavy atom. The Balaban J connectivity index is 2.30. The van der Waals surface area contributed by atoms with Crippen molar-refractivity contribution in [3.8, 4) is 0 Å². The zero-order valence-electron chi connectivity index (χ0n) is 8.73. The normalized spacial score (nSPS) is 19.7. The van der Waals surface area contributed by atoms with Crippen molar-refractivity contribution in [3.63, 3.8) is 0 Å². The Morgan fingerprint density at radius 3 is 2.88 bits per heavy atom. The van der Waals surface area contributed by atoms with Gasteiger partial charge in [0, 0.05) is 26.1 Å². The third-order valence-corrected chi connectivity index (χ3v) is 2.68. The molecule has 0 spiro atoms. The Bertz CT molecular complexity index is 310. The summed E-state index contributed by atoms with van der Waals surface area (Å²) in [6, 6.07) is 0. The summed E-state index contributed by atoms with van der Waals surface area (Å²) in [6.07, 6.45) is 0.0906. The topological polar surface area (TPSA) is 109 Å². The van der Waals surface area contributed by atoms with E-state index in [1.807, 2.05) is 0 Å². The van der Waals surface area contributed by atoms with Crippen LogP contribution in [-0.4, -0.2) is 46.6 Å². The number of aliphatic carboxylic acids is 1. The van der Waals surface area contributed by atoms with Gasteiger partial charge in [0.05, 0.1) is 5.92 Å². The van der Waals surface area contributed by atoms with Gasteiger partial charge >= 0.3 is 5.97 Å². The standard InChI is InChI=1S/C8H14N4O3S/c9-11-8(16)10-1-2-12-4-5(7(14)15)3-6(12)13/h5H,1-4,9H2,(H,14,15)(H2,10,11,16)/p+1. The molecule has 1 heterocycles. The van der Waals surface area contributed by atoms with Gasteiger partial charge in [0.25, 0.3) is 0 Å². The van der Waals surface area contributed by atoms with Crippen LogP contribution in [0.15, 0.2) is 0 Å². The molecule has 6 N–H and O–H groups in total. The molecule has 1 fully saturated rings. The second-order valence-electron chi connectivity index (χ2n) is 3.51. The van der Waals surface area contributed by atoms with E-state index in [9.17, 15) is 9.59 Å². The molecule has 1 rings (SSSR count). The molecule has 0 radical (unpaired) electrons. The van der Waals surface area contributed by atoms with Crippen molar-refractivity contribution in [2.24, 2.45) is 5.92 Å². The predicted molar refractivity (Wildman–Crippen MR) is 58.9 cm³/mol. The van der Waals surface area contributed by atoms with Gasteiger partial charge in [0.15, 0.2) is 0 Å².